The lowest BCUT2D eigenvalue weighted by Gasteiger charge is -2.11. The van der Waals surface area contributed by atoms with Crippen LogP contribution < -0.4 is 9.47 Å². The fourth-order valence-corrected chi connectivity index (χ4v) is 3.39. The van der Waals surface area contributed by atoms with Crippen LogP contribution in [0.2, 0.25) is 0 Å². The maximum absolute atomic E-state index is 11.0. The number of nitriles is 1. The molecule has 0 amide bonds. The number of nitro groups is 1. The van der Waals surface area contributed by atoms with Gasteiger partial charge in [-0.15, -0.1) is 0 Å². The first-order valence-corrected chi connectivity index (χ1v) is 10.1. The quantitative estimate of drug-likeness (QED) is 0.233. The Hall–Kier alpha value is -4.64. The van der Waals surface area contributed by atoms with Crippen molar-refractivity contribution in [2.75, 3.05) is 7.11 Å². The summed E-state index contributed by atoms with van der Waals surface area (Å²) < 4.78 is 11.3. The third-order valence-electron chi connectivity index (χ3n) is 5.03. The van der Waals surface area contributed by atoms with Crippen LogP contribution in [0.4, 0.5) is 5.69 Å². The molecule has 0 bridgehead atoms. The van der Waals surface area contributed by atoms with Crippen molar-refractivity contribution in [3.63, 3.8) is 0 Å². The number of non-ortho nitro benzene ring substituents is 1. The zero-order valence-electron chi connectivity index (χ0n) is 18.0. The van der Waals surface area contributed by atoms with Gasteiger partial charge in [-0.25, -0.2) is 4.98 Å². The van der Waals surface area contributed by atoms with E-state index < -0.39 is 4.92 Å². The number of ether oxygens (including phenoxy) is 2. The maximum Gasteiger partial charge on any atom is 0.269 e. The van der Waals surface area contributed by atoms with Gasteiger partial charge in [0, 0.05) is 12.1 Å². The predicted octanol–water partition coefficient (Wildman–Crippen LogP) is 5.43. The second kappa shape index (κ2) is 9.24. The number of fused-ring (bicyclic) bond motifs is 1. The number of benzene rings is 3. The van der Waals surface area contributed by atoms with Gasteiger partial charge in [0.1, 0.15) is 18.5 Å². The van der Waals surface area contributed by atoms with Crippen molar-refractivity contribution in [2.45, 2.75) is 13.5 Å². The molecule has 0 spiro atoms. The van der Waals surface area contributed by atoms with Gasteiger partial charge in [0.2, 0.25) is 0 Å². The fourth-order valence-electron chi connectivity index (χ4n) is 3.39. The van der Waals surface area contributed by atoms with Gasteiger partial charge in [0.15, 0.2) is 11.5 Å². The standard InChI is InChI=1S/C25H20N4O4/c1-16-6-8-21-22(10-16)28-25(27-21)19(14-26)11-17-7-9-23(24(13-17)32-2)33-15-18-4-3-5-20(12-18)29(30)31/h3-13H,15H2,1-2H3,(H,27,28)/b19-11-. The molecule has 0 unspecified atom stereocenters. The lowest BCUT2D eigenvalue weighted by molar-refractivity contribution is -0.384. The Bertz CT molecular complexity index is 1420. The molecule has 0 aliphatic heterocycles. The largest absolute Gasteiger partial charge is 0.493 e. The van der Waals surface area contributed by atoms with Gasteiger partial charge in [-0.3, -0.25) is 10.1 Å². The summed E-state index contributed by atoms with van der Waals surface area (Å²) >= 11 is 0. The van der Waals surface area contributed by atoms with E-state index in [1.165, 1.54) is 19.2 Å². The Labute approximate surface area is 189 Å². The number of aryl methyl sites for hydroxylation is 1. The van der Waals surface area contributed by atoms with Crippen molar-refractivity contribution in [3.8, 4) is 17.6 Å². The summed E-state index contributed by atoms with van der Waals surface area (Å²) in [6, 6.07) is 19.6. The summed E-state index contributed by atoms with van der Waals surface area (Å²) in [6.45, 7) is 2.14. The van der Waals surface area contributed by atoms with Gasteiger partial charge in [-0.05, 0) is 54.0 Å². The number of nitrogens with zero attached hydrogens (tertiary/aromatic N) is 3. The highest BCUT2D eigenvalue weighted by Crippen LogP contribution is 2.31. The van der Waals surface area contributed by atoms with Gasteiger partial charge >= 0.3 is 0 Å². The van der Waals surface area contributed by atoms with Crippen LogP contribution in [0, 0.1) is 28.4 Å². The summed E-state index contributed by atoms with van der Waals surface area (Å²) in [5, 5.41) is 20.6. The number of hydrogen-bond donors (Lipinski definition) is 1. The molecular weight excluding hydrogens is 420 g/mol. The van der Waals surface area contributed by atoms with Gasteiger partial charge in [-0.2, -0.15) is 5.26 Å². The molecule has 33 heavy (non-hydrogen) atoms. The minimum absolute atomic E-state index is 0.00771. The van der Waals surface area contributed by atoms with Crippen molar-refractivity contribution in [2.24, 2.45) is 0 Å². The number of nitrogens with one attached hydrogen (secondary N) is 1. The maximum atomic E-state index is 11.0. The highest BCUT2D eigenvalue weighted by Gasteiger charge is 2.11. The minimum Gasteiger partial charge on any atom is -0.493 e. The van der Waals surface area contributed by atoms with E-state index in [9.17, 15) is 15.4 Å². The molecule has 1 heterocycles. The molecule has 0 saturated heterocycles. The zero-order valence-corrected chi connectivity index (χ0v) is 18.0. The molecule has 0 radical (unpaired) electrons. The Kier molecular flexibility index (Phi) is 6.04. The van der Waals surface area contributed by atoms with Crippen LogP contribution in [0.5, 0.6) is 11.5 Å². The van der Waals surface area contributed by atoms with E-state index in [1.807, 2.05) is 25.1 Å². The monoisotopic (exact) mass is 440 g/mol. The average molecular weight is 440 g/mol. The van der Waals surface area contributed by atoms with Gasteiger partial charge in [0.05, 0.1) is 28.6 Å². The Morgan fingerprint density at radius 1 is 1.18 bits per heavy atom. The first-order chi connectivity index (χ1) is 16.0. The smallest absolute Gasteiger partial charge is 0.269 e. The number of aromatic amines is 1. The van der Waals surface area contributed by atoms with Crippen molar-refractivity contribution in [1.82, 2.24) is 9.97 Å². The second-order valence-corrected chi connectivity index (χ2v) is 7.40. The van der Waals surface area contributed by atoms with Crippen LogP contribution in [0.15, 0.2) is 60.7 Å². The SMILES string of the molecule is COc1cc(/C=C(/C#N)c2nc3ccc(C)cc3[nH]2)ccc1OCc1cccc([N+](=O)[O-])c1. The molecule has 4 rings (SSSR count). The van der Waals surface area contributed by atoms with Gasteiger partial charge in [0.25, 0.3) is 5.69 Å². The van der Waals surface area contributed by atoms with E-state index >= 15 is 0 Å². The summed E-state index contributed by atoms with van der Waals surface area (Å²) in [6.07, 6.45) is 1.72. The minimum atomic E-state index is -0.443. The van der Waals surface area contributed by atoms with Crippen LogP contribution in [0.1, 0.15) is 22.5 Å². The molecule has 1 aromatic heterocycles. The van der Waals surface area contributed by atoms with Crippen molar-refractivity contribution in [3.05, 3.63) is 93.3 Å². The highest BCUT2D eigenvalue weighted by atomic mass is 16.6. The second-order valence-electron chi connectivity index (χ2n) is 7.40. The Balaban J connectivity index is 1.57. The van der Waals surface area contributed by atoms with E-state index in [1.54, 1.807) is 36.4 Å². The number of hydrogen-bond acceptors (Lipinski definition) is 6. The van der Waals surface area contributed by atoms with Crippen LogP contribution in [0.25, 0.3) is 22.7 Å². The normalized spacial score (nSPS) is 11.2. The molecule has 0 saturated carbocycles. The average Bonchev–Trinajstić information content (AvgIpc) is 3.24. The molecule has 0 aliphatic rings. The van der Waals surface area contributed by atoms with E-state index in [0.29, 0.717) is 28.5 Å². The molecule has 8 nitrogen and oxygen atoms in total. The first-order valence-electron chi connectivity index (χ1n) is 10.1. The number of nitro benzene ring substituents is 1. The lowest BCUT2D eigenvalue weighted by Crippen LogP contribution is -1.99. The lowest BCUT2D eigenvalue weighted by atomic mass is 10.1. The summed E-state index contributed by atoms with van der Waals surface area (Å²) in [5.74, 6) is 1.45. The molecule has 0 fully saturated rings. The van der Waals surface area contributed by atoms with E-state index in [2.05, 4.69) is 16.0 Å². The molecule has 3 aromatic carbocycles. The summed E-state index contributed by atoms with van der Waals surface area (Å²) in [4.78, 5) is 18.2. The molecule has 4 aromatic rings. The topological polar surface area (TPSA) is 114 Å². The number of H-pyrrole nitrogens is 1. The van der Waals surface area contributed by atoms with Crippen LogP contribution in [-0.2, 0) is 6.61 Å². The Morgan fingerprint density at radius 3 is 2.79 bits per heavy atom. The van der Waals surface area contributed by atoms with Crippen LogP contribution in [-0.4, -0.2) is 22.0 Å². The molecule has 1 N–H and O–H groups in total. The van der Waals surface area contributed by atoms with Crippen molar-refractivity contribution in [1.29, 1.82) is 5.26 Å². The third kappa shape index (κ3) is 4.83. The third-order valence-corrected chi connectivity index (χ3v) is 5.03. The number of methoxy groups -OCH3 is 1. The number of imidazole rings is 1. The summed E-state index contributed by atoms with van der Waals surface area (Å²) in [5.41, 5.74) is 4.56. The van der Waals surface area contributed by atoms with Crippen molar-refractivity contribution < 1.29 is 14.4 Å². The number of allylic oxidation sites excluding steroid dienone is 1. The van der Waals surface area contributed by atoms with Gasteiger partial charge < -0.3 is 14.5 Å². The first kappa shape index (κ1) is 21.6. The van der Waals surface area contributed by atoms with Crippen LogP contribution in [0.3, 0.4) is 0 Å². The highest BCUT2D eigenvalue weighted by molar-refractivity contribution is 5.90. The fraction of sp³-hybridized carbons (Fsp3) is 0.120. The van der Waals surface area contributed by atoms with Gasteiger partial charge in [-0.1, -0.05) is 24.3 Å². The van der Waals surface area contributed by atoms with E-state index in [0.717, 1.165) is 22.2 Å². The van der Waals surface area contributed by atoms with E-state index in [4.69, 9.17) is 9.47 Å². The molecule has 164 valence electrons. The van der Waals surface area contributed by atoms with Crippen molar-refractivity contribution >= 4 is 28.4 Å². The molecule has 0 atom stereocenters. The summed E-state index contributed by atoms with van der Waals surface area (Å²) in [7, 11) is 1.52. The predicted molar refractivity (Wildman–Crippen MR) is 125 cm³/mol. The zero-order chi connectivity index (χ0) is 23.4. The Morgan fingerprint density at radius 2 is 2.03 bits per heavy atom. The molecule has 8 heteroatoms. The van der Waals surface area contributed by atoms with E-state index in [-0.39, 0.29) is 12.3 Å². The number of aromatic nitrogens is 2. The van der Waals surface area contributed by atoms with Crippen LogP contribution >= 0.6 is 0 Å². The molecule has 0 aliphatic carbocycles. The number of rotatable bonds is 7. The molecular formula is C25H20N4O4.